The van der Waals surface area contributed by atoms with Gasteiger partial charge in [0.2, 0.25) is 0 Å². The van der Waals surface area contributed by atoms with E-state index < -0.39 is 0 Å². The number of hydrazine groups is 1. The Kier molecular flexibility index (Phi) is 4.99. The molecule has 1 aromatic heterocycles. The molecule has 1 atom stereocenters. The summed E-state index contributed by atoms with van der Waals surface area (Å²) in [4.78, 5) is 13.6. The first-order valence-corrected chi connectivity index (χ1v) is 8.22. The molecule has 0 radical (unpaired) electrons. The molecule has 1 aromatic rings. The highest BCUT2D eigenvalue weighted by molar-refractivity contribution is 7.80. The lowest BCUT2D eigenvalue weighted by molar-refractivity contribution is 0.0942. The number of hydrogen-bond acceptors (Lipinski definition) is 3. The van der Waals surface area contributed by atoms with Gasteiger partial charge in [-0.05, 0) is 56.8 Å². The van der Waals surface area contributed by atoms with Crippen LogP contribution in [0.25, 0.3) is 0 Å². The summed E-state index contributed by atoms with van der Waals surface area (Å²) in [7, 11) is 0. The molecule has 3 N–H and O–H groups in total. The standard InChI is InChI=1S/C14H21N3OS2/c1-8(2)15-14(19)17-16-13(18)11-7-20-12-6-9(3)4-5-10(11)12/h7-9H,4-6H2,1-3H3,(H,16,18)(H2,15,17,19). The summed E-state index contributed by atoms with van der Waals surface area (Å²) in [5, 5.41) is 5.41. The van der Waals surface area contributed by atoms with Crippen LogP contribution in [0.2, 0.25) is 0 Å². The van der Waals surface area contributed by atoms with Crippen molar-refractivity contribution in [3.63, 3.8) is 0 Å². The average molecular weight is 311 g/mol. The van der Waals surface area contributed by atoms with Gasteiger partial charge in [0.1, 0.15) is 0 Å². The molecule has 0 saturated heterocycles. The highest BCUT2D eigenvalue weighted by Gasteiger charge is 2.23. The Labute approximate surface area is 129 Å². The zero-order valence-corrected chi connectivity index (χ0v) is 13.7. The fourth-order valence-electron chi connectivity index (χ4n) is 2.35. The Hall–Kier alpha value is -1.14. The molecule has 6 heteroatoms. The smallest absolute Gasteiger partial charge is 0.270 e. The van der Waals surface area contributed by atoms with E-state index in [0.717, 1.165) is 30.7 Å². The number of fused-ring (bicyclic) bond motifs is 1. The number of carbonyl (C=O) groups is 1. The summed E-state index contributed by atoms with van der Waals surface area (Å²) in [6.45, 7) is 6.25. The number of nitrogens with one attached hydrogen (secondary N) is 3. The van der Waals surface area contributed by atoms with Crippen LogP contribution >= 0.6 is 23.6 Å². The maximum Gasteiger partial charge on any atom is 0.270 e. The second-order valence-corrected chi connectivity index (χ2v) is 6.98. The van der Waals surface area contributed by atoms with Crippen molar-refractivity contribution in [2.75, 3.05) is 0 Å². The molecule has 0 aliphatic heterocycles. The number of hydrogen-bond donors (Lipinski definition) is 3. The quantitative estimate of drug-likeness (QED) is 0.580. The summed E-state index contributed by atoms with van der Waals surface area (Å²) in [6, 6.07) is 0.238. The molecule has 1 heterocycles. The first kappa shape index (κ1) is 15.3. The summed E-state index contributed by atoms with van der Waals surface area (Å²) in [5.74, 6) is 0.614. The van der Waals surface area contributed by atoms with E-state index in [1.165, 1.54) is 10.4 Å². The molecule has 4 nitrogen and oxygen atoms in total. The second-order valence-electron chi connectivity index (χ2n) is 5.61. The van der Waals surface area contributed by atoms with Gasteiger partial charge in [0.25, 0.3) is 5.91 Å². The summed E-state index contributed by atoms with van der Waals surface area (Å²) in [5.41, 5.74) is 7.41. The number of carbonyl (C=O) groups excluding carboxylic acids is 1. The Morgan fingerprint density at radius 1 is 1.45 bits per heavy atom. The minimum atomic E-state index is -0.107. The van der Waals surface area contributed by atoms with Crippen molar-refractivity contribution in [1.82, 2.24) is 16.2 Å². The fourth-order valence-corrected chi connectivity index (χ4v) is 3.88. The van der Waals surface area contributed by atoms with Crippen LogP contribution < -0.4 is 16.2 Å². The maximum absolute atomic E-state index is 12.2. The Morgan fingerprint density at radius 2 is 2.20 bits per heavy atom. The molecule has 1 aliphatic rings. The van der Waals surface area contributed by atoms with Gasteiger partial charge in [-0.25, -0.2) is 0 Å². The minimum Gasteiger partial charge on any atom is -0.359 e. The van der Waals surface area contributed by atoms with Crippen LogP contribution in [0, 0.1) is 5.92 Å². The molecule has 0 spiro atoms. The van der Waals surface area contributed by atoms with E-state index in [9.17, 15) is 4.79 Å². The molecule has 1 aliphatic carbocycles. The van der Waals surface area contributed by atoms with E-state index in [4.69, 9.17) is 12.2 Å². The third-order valence-electron chi connectivity index (χ3n) is 3.36. The van der Waals surface area contributed by atoms with Gasteiger partial charge in [-0.15, -0.1) is 11.3 Å². The van der Waals surface area contributed by atoms with Gasteiger partial charge in [-0.2, -0.15) is 0 Å². The van der Waals surface area contributed by atoms with Crippen LogP contribution in [-0.2, 0) is 12.8 Å². The topological polar surface area (TPSA) is 53.2 Å². The molecule has 20 heavy (non-hydrogen) atoms. The fraction of sp³-hybridized carbons (Fsp3) is 0.571. The summed E-state index contributed by atoms with van der Waals surface area (Å²) >= 11 is 6.77. The average Bonchev–Trinajstić information content (AvgIpc) is 2.78. The van der Waals surface area contributed by atoms with Crippen LogP contribution in [0.15, 0.2) is 5.38 Å². The lowest BCUT2D eigenvalue weighted by atomic mass is 9.88. The summed E-state index contributed by atoms with van der Waals surface area (Å²) in [6.07, 6.45) is 3.25. The van der Waals surface area contributed by atoms with Crippen molar-refractivity contribution >= 4 is 34.6 Å². The van der Waals surface area contributed by atoms with Crippen LogP contribution in [-0.4, -0.2) is 17.1 Å². The molecular weight excluding hydrogens is 290 g/mol. The van der Waals surface area contributed by atoms with Gasteiger partial charge < -0.3 is 5.32 Å². The van der Waals surface area contributed by atoms with Crippen molar-refractivity contribution < 1.29 is 4.79 Å². The molecule has 0 saturated carbocycles. The normalized spacial score (nSPS) is 17.5. The third kappa shape index (κ3) is 3.70. The molecule has 0 fully saturated rings. The zero-order valence-electron chi connectivity index (χ0n) is 12.1. The number of amides is 1. The molecule has 0 aromatic carbocycles. The predicted molar refractivity (Wildman–Crippen MR) is 87.0 cm³/mol. The SMILES string of the molecule is CC1CCc2c(C(=O)NNC(=S)NC(C)C)csc2C1. The molecular formula is C14H21N3OS2. The Bertz CT molecular complexity index is 511. The van der Waals surface area contributed by atoms with Gasteiger partial charge in [0.15, 0.2) is 5.11 Å². The predicted octanol–water partition coefficient (Wildman–Crippen LogP) is 2.39. The first-order valence-electron chi connectivity index (χ1n) is 6.93. The van der Waals surface area contributed by atoms with E-state index in [1.54, 1.807) is 11.3 Å². The number of rotatable bonds is 2. The number of thiophene rings is 1. The van der Waals surface area contributed by atoms with Crippen LogP contribution in [0.5, 0.6) is 0 Å². The van der Waals surface area contributed by atoms with Crippen molar-refractivity contribution in [2.45, 2.75) is 46.1 Å². The van der Waals surface area contributed by atoms with E-state index in [0.29, 0.717) is 5.11 Å². The largest absolute Gasteiger partial charge is 0.359 e. The monoisotopic (exact) mass is 311 g/mol. The molecule has 1 unspecified atom stereocenters. The Morgan fingerprint density at radius 3 is 2.90 bits per heavy atom. The van der Waals surface area contributed by atoms with E-state index in [-0.39, 0.29) is 11.9 Å². The highest BCUT2D eigenvalue weighted by atomic mass is 32.1. The second kappa shape index (κ2) is 6.54. The number of thiocarbonyl (C=S) groups is 1. The van der Waals surface area contributed by atoms with Gasteiger partial charge in [0.05, 0.1) is 5.56 Å². The highest BCUT2D eigenvalue weighted by Crippen LogP contribution is 2.32. The van der Waals surface area contributed by atoms with Crippen LogP contribution in [0.1, 0.15) is 48.0 Å². The van der Waals surface area contributed by atoms with Crippen molar-refractivity contribution in [3.05, 3.63) is 21.4 Å². The molecule has 110 valence electrons. The van der Waals surface area contributed by atoms with Gasteiger partial charge in [-0.3, -0.25) is 15.6 Å². The zero-order chi connectivity index (χ0) is 14.7. The van der Waals surface area contributed by atoms with Gasteiger partial charge >= 0.3 is 0 Å². The lowest BCUT2D eigenvalue weighted by Gasteiger charge is -2.19. The van der Waals surface area contributed by atoms with Crippen LogP contribution in [0.3, 0.4) is 0 Å². The van der Waals surface area contributed by atoms with E-state index in [2.05, 4.69) is 23.1 Å². The van der Waals surface area contributed by atoms with E-state index >= 15 is 0 Å². The van der Waals surface area contributed by atoms with Crippen LogP contribution in [0.4, 0.5) is 0 Å². The minimum absolute atomic E-state index is 0.107. The van der Waals surface area contributed by atoms with Gasteiger partial charge in [0, 0.05) is 16.3 Å². The lowest BCUT2D eigenvalue weighted by Crippen LogP contribution is -2.48. The molecule has 2 rings (SSSR count). The maximum atomic E-state index is 12.2. The van der Waals surface area contributed by atoms with E-state index in [1.807, 2.05) is 19.2 Å². The molecule has 1 amide bonds. The van der Waals surface area contributed by atoms with Crippen molar-refractivity contribution in [2.24, 2.45) is 5.92 Å². The third-order valence-corrected chi connectivity index (χ3v) is 4.63. The van der Waals surface area contributed by atoms with Gasteiger partial charge in [-0.1, -0.05) is 6.92 Å². The van der Waals surface area contributed by atoms with Crippen molar-refractivity contribution in [3.8, 4) is 0 Å². The molecule has 0 bridgehead atoms. The summed E-state index contributed by atoms with van der Waals surface area (Å²) < 4.78 is 0. The Balaban J connectivity index is 1.95. The van der Waals surface area contributed by atoms with Crippen molar-refractivity contribution in [1.29, 1.82) is 0 Å². The first-order chi connectivity index (χ1) is 9.47.